The molecule has 2 aromatic heterocycles. The van der Waals surface area contributed by atoms with Gasteiger partial charge in [0.25, 0.3) is 0 Å². The van der Waals surface area contributed by atoms with Crippen LogP contribution in [0.2, 0.25) is 0 Å². The Morgan fingerprint density at radius 3 is 1.79 bits per heavy atom. The number of pyridine rings is 2. The second-order valence-corrected chi connectivity index (χ2v) is 13.3. The van der Waals surface area contributed by atoms with Crippen LogP contribution in [0.3, 0.4) is 0 Å². The van der Waals surface area contributed by atoms with Crippen LogP contribution in [0.15, 0.2) is 122 Å². The predicted octanol–water partition coefficient (Wildman–Crippen LogP) is 8.25. The van der Waals surface area contributed by atoms with Crippen LogP contribution in [-0.4, -0.2) is 16.7 Å². The quantitative estimate of drug-likeness (QED) is 0.134. The first-order chi connectivity index (χ1) is 22.9. The Hall–Kier alpha value is -4.99. The molecule has 0 amide bonds. The summed E-state index contributed by atoms with van der Waals surface area (Å²) >= 11 is 0. The van der Waals surface area contributed by atoms with E-state index in [1.54, 1.807) is 0 Å². The van der Waals surface area contributed by atoms with Gasteiger partial charge in [0.05, 0.1) is 0 Å². The number of ether oxygens (including phenoxy) is 2. The zero-order chi connectivity index (χ0) is 31.7. The van der Waals surface area contributed by atoms with Crippen molar-refractivity contribution < 1.29 is 30.5 Å². The van der Waals surface area contributed by atoms with E-state index in [4.69, 9.17) is 19.4 Å². The smallest absolute Gasteiger partial charge is 0.503 e. The van der Waals surface area contributed by atoms with Crippen LogP contribution >= 0.6 is 0 Å². The summed E-state index contributed by atoms with van der Waals surface area (Å²) in [5.74, 6) is 3.18. The Bertz CT molecular complexity index is 2330. The Morgan fingerprint density at radius 1 is 0.562 bits per heavy atom. The zero-order valence-corrected chi connectivity index (χ0v) is 28.9. The maximum atomic E-state index is 6.65. The van der Waals surface area contributed by atoms with Crippen LogP contribution in [0.1, 0.15) is 26.3 Å². The molecule has 0 atom stereocenters. The molecule has 0 saturated carbocycles. The third kappa shape index (κ3) is 5.14. The van der Waals surface area contributed by atoms with Gasteiger partial charge in [-0.25, -0.2) is 0 Å². The molecule has 0 fully saturated rings. The molecule has 0 unspecified atom stereocenters. The Kier molecular flexibility index (Phi) is 7.34. The van der Waals surface area contributed by atoms with Gasteiger partial charge in [0.15, 0.2) is 0 Å². The van der Waals surface area contributed by atoms with Crippen molar-refractivity contribution in [3.8, 4) is 56.6 Å². The minimum Gasteiger partial charge on any atom is -0.503 e. The third-order valence-electron chi connectivity index (χ3n) is 9.20. The van der Waals surface area contributed by atoms with E-state index in [2.05, 4.69) is 93.6 Å². The molecule has 4 nitrogen and oxygen atoms in total. The van der Waals surface area contributed by atoms with Crippen LogP contribution in [-0.2, 0) is 26.5 Å². The average Bonchev–Trinajstić information content (AvgIpc) is 3.11. The number of hydrogen-bond acceptors (Lipinski definition) is 4. The van der Waals surface area contributed by atoms with Crippen LogP contribution in [0, 0.1) is 12.1 Å². The SMILES string of the molecule is CC(C)(C)c1cc2c3c(c1)Oc1ccc(-c4cc5ccccc5cn4)[c-]c1B3c1[c-]c(-c3ccc(-c4ccccc4)cn3)ccc1O2.[Pt+2]. The second-order valence-electron chi connectivity index (χ2n) is 13.3. The van der Waals surface area contributed by atoms with E-state index in [1.807, 2.05) is 60.9 Å². The fourth-order valence-corrected chi connectivity index (χ4v) is 6.64. The van der Waals surface area contributed by atoms with Crippen molar-refractivity contribution in [2.45, 2.75) is 26.2 Å². The molecule has 0 saturated heterocycles. The van der Waals surface area contributed by atoms with Crippen molar-refractivity contribution in [1.29, 1.82) is 0 Å². The van der Waals surface area contributed by atoms with Crippen molar-refractivity contribution in [3.05, 3.63) is 139 Å². The van der Waals surface area contributed by atoms with Gasteiger partial charge < -0.3 is 19.4 Å². The first kappa shape index (κ1) is 30.4. The van der Waals surface area contributed by atoms with Gasteiger partial charge in [0, 0.05) is 29.4 Å². The molecule has 0 bridgehead atoms. The van der Waals surface area contributed by atoms with E-state index >= 15 is 0 Å². The molecule has 9 rings (SSSR count). The van der Waals surface area contributed by atoms with Gasteiger partial charge in [-0.3, -0.25) is 0 Å². The number of aromatic nitrogens is 2. The van der Waals surface area contributed by atoms with Gasteiger partial charge in [0.2, 0.25) is 6.71 Å². The van der Waals surface area contributed by atoms with E-state index < -0.39 is 0 Å². The largest absolute Gasteiger partial charge is 2.00 e. The Balaban J connectivity index is 0.00000336. The van der Waals surface area contributed by atoms with Crippen molar-refractivity contribution in [1.82, 2.24) is 9.97 Å². The van der Waals surface area contributed by atoms with Gasteiger partial charge in [-0.1, -0.05) is 93.6 Å². The summed E-state index contributed by atoms with van der Waals surface area (Å²) in [6, 6.07) is 44.9. The van der Waals surface area contributed by atoms with E-state index in [9.17, 15) is 0 Å². The molecule has 5 aromatic carbocycles. The van der Waals surface area contributed by atoms with Crippen LogP contribution in [0.4, 0.5) is 0 Å². The molecule has 2 aliphatic rings. The third-order valence-corrected chi connectivity index (χ3v) is 9.20. The summed E-state index contributed by atoms with van der Waals surface area (Å²) in [6.07, 6.45) is 3.85. The van der Waals surface area contributed by atoms with Gasteiger partial charge >= 0.3 is 21.1 Å². The zero-order valence-electron chi connectivity index (χ0n) is 26.7. The number of fused-ring (bicyclic) bond motifs is 5. The normalized spacial score (nSPS) is 12.6. The Labute approximate surface area is 295 Å². The maximum absolute atomic E-state index is 6.65. The summed E-state index contributed by atoms with van der Waals surface area (Å²) in [5.41, 5.74) is 9.71. The van der Waals surface area contributed by atoms with E-state index in [0.717, 1.165) is 89.4 Å². The number of rotatable bonds is 3. The first-order valence-electron chi connectivity index (χ1n) is 15.9. The van der Waals surface area contributed by atoms with Gasteiger partial charge in [-0.15, -0.1) is 58.5 Å². The average molecular weight is 800 g/mol. The van der Waals surface area contributed by atoms with Crippen molar-refractivity contribution in [2.24, 2.45) is 0 Å². The molecule has 0 spiro atoms. The van der Waals surface area contributed by atoms with Gasteiger partial charge in [-0.05, 0) is 56.4 Å². The fraction of sp³-hybridized carbons (Fsp3) is 0.0952. The van der Waals surface area contributed by atoms with E-state index in [1.165, 1.54) is 0 Å². The summed E-state index contributed by atoms with van der Waals surface area (Å²) in [6.45, 7) is 6.43. The monoisotopic (exact) mass is 799 g/mol. The number of hydrogen-bond donors (Lipinski definition) is 0. The molecule has 48 heavy (non-hydrogen) atoms. The topological polar surface area (TPSA) is 44.2 Å². The summed E-state index contributed by atoms with van der Waals surface area (Å²) in [4.78, 5) is 9.66. The Morgan fingerprint density at radius 2 is 1.17 bits per heavy atom. The standard InChI is InChI=1S/C42H29BN2O2.Pt/c1-42(2,3)32-22-39-41-40(23-32)47-38-18-15-29(36-21-27-11-7-8-12-30(27)24-45-36)20-34(38)43(41)33-19-28(14-17-37(33)46-39)35-16-13-31(25-44-35)26-9-5-4-6-10-26;/h4-18,21-25H,1-3H3;/q-2;+2. The maximum Gasteiger partial charge on any atom is 2.00 e. The summed E-state index contributed by atoms with van der Waals surface area (Å²) in [7, 11) is 0. The molecule has 0 N–H and O–H groups in total. The van der Waals surface area contributed by atoms with E-state index in [0.29, 0.717) is 0 Å². The van der Waals surface area contributed by atoms with Crippen LogP contribution in [0.25, 0.3) is 44.4 Å². The summed E-state index contributed by atoms with van der Waals surface area (Å²) < 4.78 is 13.3. The number of benzene rings is 5. The van der Waals surface area contributed by atoms with Crippen LogP contribution in [0.5, 0.6) is 23.0 Å². The molecule has 232 valence electrons. The first-order valence-corrected chi connectivity index (χ1v) is 15.9. The predicted molar refractivity (Wildman–Crippen MR) is 190 cm³/mol. The summed E-state index contributed by atoms with van der Waals surface area (Å²) in [5, 5.41) is 2.25. The van der Waals surface area contributed by atoms with Gasteiger partial charge in [-0.2, -0.15) is 0 Å². The molecular formula is C42H29BN2O2Pt. The van der Waals surface area contributed by atoms with Crippen molar-refractivity contribution in [2.75, 3.05) is 0 Å². The fourth-order valence-electron chi connectivity index (χ4n) is 6.64. The molecule has 0 aliphatic carbocycles. The molecule has 2 aliphatic heterocycles. The minimum absolute atomic E-state index is 0. The number of nitrogens with zero attached hydrogens (tertiary/aromatic N) is 2. The van der Waals surface area contributed by atoms with Crippen molar-refractivity contribution in [3.63, 3.8) is 0 Å². The van der Waals surface area contributed by atoms with Gasteiger partial charge in [0.1, 0.15) is 11.5 Å². The van der Waals surface area contributed by atoms with Crippen molar-refractivity contribution >= 4 is 33.9 Å². The minimum atomic E-state index is -0.189. The van der Waals surface area contributed by atoms with Crippen LogP contribution < -0.4 is 25.9 Å². The van der Waals surface area contributed by atoms with E-state index in [-0.39, 0.29) is 33.2 Å². The molecule has 4 heterocycles. The molecule has 0 radical (unpaired) electrons. The molecule has 7 aromatic rings. The molecular weight excluding hydrogens is 770 g/mol. The molecule has 6 heteroatoms. The second kappa shape index (κ2) is 11.6.